The standard InChI is InChI=1S/C12H12N2O2/c15-12-9-4-2-1-3-8(9)7-14-10(12)5-6-11(14)13-16/h1-4,10,16H,5-7H2. The summed E-state index contributed by atoms with van der Waals surface area (Å²) in [7, 11) is 0. The predicted octanol–water partition coefficient (Wildman–Crippen LogP) is 1.64. The third-order valence-corrected chi connectivity index (χ3v) is 3.39. The van der Waals surface area contributed by atoms with Gasteiger partial charge in [-0.3, -0.25) is 4.79 Å². The molecule has 1 saturated heterocycles. The average Bonchev–Trinajstić information content (AvgIpc) is 2.72. The molecule has 1 fully saturated rings. The first-order chi connectivity index (χ1) is 7.81. The van der Waals surface area contributed by atoms with Gasteiger partial charge in [0, 0.05) is 18.5 Å². The van der Waals surface area contributed by atoms with E-state index < -0.39 is 0 Å². The molecule has 1 atom stereocenters. The van der Waals surface area contributed by atoms with Crippen LogP contribution in [0.2, 0.25) is 0 Å². The molecule has 4 nitrogen and oxygen atoms in total. The highest BCUT2D eigenvalue weighted by Gasteiger charge is 2.39. The molecule has 82 valence electrons. The molecule has 0 bridgehead atoms. The number of benzene rings is 1. The number of rotatable bonds is 0. The van der Waals surface area contributed by atoms with Crippen molar-refractivity contribution in [3.8, 4) is 0 Å². The van der Waals surface area contributed by atoms with Crippen molar-refractivity contribution in [3.63, 3.8) is 0 Å². The fourth-order valence-electron chi connectivity index (χ4n) is 2.59. The Morgan fingerprint density at radius 2 is 2.19 bits per heavy atom. The zero-order valence-corrected chi connectivity index (χ0v) is 8.76. The smallest absolute Gasteiger partial charge is 0.185 e. The lowest BCUT2D eigenvalue weighted by Crippen LogP contribution is -2.42. The van der Waals surface area contributed by atoms with E-state index in [-0.39, 0.29) is 11.8 Å². The van der Waals surface area contributed by atoms with Gasteiger partial charge in [-0.05, 0) is 12.0 Å². The summed E-state index contributed by atoms with van der Waals surface area (Å²) in [6.45, 7) is 0.673. The van der Waals surface area contributed by atoms with E-state index in [0.717, 1.165) is 17.5 Å². The van der Waals surface area contributed by atoms with Gasteiger partial charge in [0.2, 0.25) is 0 Å². The summed E-state index contributed by atoms with van der Waals surface area (Å²) in [5.74, 6) is 0.786. The number of Topliss-reactive ketones (excluding diaryl/α,β-unsaturated/α-hetero) is 1. The van der Waals surface area contributed by atoms with E-state index in [2.05, 4.69) is 5.16 Å². The van der Waals surface area contributed by atoms with Crippen molar-refractivity contribution in [2.75, 3.05) is 0 Å². The largest absolute Gasteiger partial charge is 0.409 e. The number of carbonyl (C=O) groups is 1. The number of ketones is 1. The van der Waals surface area contributed by atoms with Gasteiger partial charge in [-0.2, -0.15) is 0 Å². The molecule has 0 aromatic heterocycles. The van der Waals surface area contributed by atoms with Crippen LogP contribution >= 0.6 is 0 Å². The second kappa shape index (κ2) is 3.33. The Hall–Kier alpha value is -1.84. The minimum absolute atomic E-state index is 0.124. The third kappa shape index (κ3) is 1.16. The van der Waals surface area contributed by atoms with Crippen molar-refractivity contribution >= 4 is 11.6 Å². The first-order valence-corrected chi connectivity index (χ1v) is 5.41. The van der Waals surface area contributed by atoms with Crippen LogP contribution in [0.15, 0.2) is 29.4 Å². The molecule has 0 aliphatic carbocycles. The number of hydrogen-bond acceptors (Lipinski definition) is 3. The van der Waals surface area contributed by atoms with Crippen molar-refractivity contribution in [3.05, 3.63) is 35.4 Å². The lowest BCUT2D eigenvalue weighted by Gasteiger charge is -2.31. The quantitative estimate of drug-likeness (QED) is 0.529. The van der Waals surface area contributed by atoms with E-state index in [1.54, 1.807) is 0 Å². The summed E-state index contributed by atoms with van der Waals surface area (Å²) in [6.07, 6.45) is 1.44. The normalized spacial score (nSPS) is 25.8. The zero-order valence-electron chi connectivity index (χ0n) is 8.76. The second-order valence-corrected chi connectivity index (χ2v) is 4.22. The average molecular weight is 216 g/mol. The van der Waals surface area contributed by atoms with Crippen molar-refractivity contribution in [1.29, 1.82) is 0 Å². The summed E-state index contributed by atoms with van der Waals surface area (Å²) in [5, 5.41) is 12.1. The van der Waals surface area contributed by atoms with Crippen LogP contribution in [-0.4, -0.2) is 27.8 Å². The van der Waals surface area contributed by atoms with Crippen LogP contribution in [0.1, 0.15) is 28.8 Å². The molecule has 0 spiro atoms. The zero-order chi connectivity index (χ0) is 11.1. The van der Waals surface area contributed by atoms with E-state index in [4.69, 9.17) is 5.21 Å². The van der Waals surface area contributed by atoms with Gasteiger partial charge in [0.05, 0.1) is 6.04 Å². The highest BCUT2D eigenvalue weighted by atomic mass is 16.4. The summed E-state index contributed by atoms with van der Waals surface area (Å²) in [6, 6.07) is 7.53. The lowest BCUT2D eigenvalue weighted by molar-refractivity contribution is 0.0872. The Balaban J connectivity index is 2.07. The molecule has 2 aliphatic rings. The monoisotopic (exact) mass is 216 g/mol. The molecule has 1 N–H and O–H groups in total. The fourth-order valence-corrected chi connectivity index (χ4v) is 2.59. The molecule has 2 heterocycles. The van der Waals surface area contributed by atoms with E-state index in [9.17, 15) is 4.79 Å². The number of carbonyl (C=O) groups excluding carboxylic acids is 1. The molecule has 1 aromatic rings. The van der Waals surface area contributed by atoms with Gasteiger partial charge in [0.25, 0.3) is 0 Å². The first-order valence-electron chi connectivity index (χ1n) is 5.41. The maximum atomic E-state index is 12.2. The molecule has 0 saturated carbocycles. The molecule has 2 aliphatic heterocycles. The van der Waals surface area contributed by atoms with E-state index in [1.165, 1.54) is 0 Å². The Morgan fingerprint density at radius 1 is 1.38 bits per heavy atom. The van der Waals surface area contributed by atoms with Crippen molar-refractivity contribution in [2.45, 2.75) is 25.4 Å². The lowest BCUT2D eigenvalue weighted by atomic mass is 9.93. The van der Waals surface area contributed by atoms with E-state index in [0.29, 0.717) is 18.8 Å². The molecular weight excluding hydrogens is 204 g/mol. The molecular formula is C12H12N2O2. The van der Waals surface area contributed by atoms with Gasteiger partial charge in [-0.1, -0.05) is 29.4 Å². The van der Waals surface area contributed by atoms with Crippen LogP contribution in [0.25, 0.3) is 0 Å². The van der Waals surface area contributed by atoms with Crippen molar-refractivity contribution in [2.24, 2.45) is 5.16 Å². The van der Waals surface area contributed by atoms with Crippen molar-refractivity contribution < 1.29 is 10.0 Å². The molecule has 1 aromatic carbocycles. The molecule has 4 heteroatoms. The van der Waals surface area contributed by atoms with Crippen LogP contribution < -0.4 is 0 Å². The van der Waals surface area contributed by atoms with Crippen LogP contribution in [-0.2, 0) is 6.54 Å². The molecule has 1 unspecified atom stereocenters. The molecule has 0 amide bonds. The van der Waals surface area contributed by atoms with Crippen LogP contribution in [0.3, 0.4) is 0 Å². The highest BCUT2D eigenvalue weighted by molar-refractivity contribution is 6.06. The van der Waals surface area contributed by atoms with Crippen LogP contribution in [0.5, 0.6) is 0 Å². The van der Waals surface area contributed by atoms with Gasteiger partial charge in [-0.25, -0.2) is 0 Å². The molecule has 16 heavy (non-hydrogen) atoms. The summed E-state index contributed by atoms with van der Waals surface area (Å²) >= 11 is 0. The minimum Gasteiger partial charge on any atom is -0.409 e. The number of hydrogen-bond donors (Lipinski definition) is 1. The van der Waals surface area contributed by atoms with Gasteiger partial charge in [0.15, 0.2) is 5.78 Å². The second-order valence-electron chi connectivity index (χ2n) is 4.22. The van der Waals surface area contributed by atoms with E-state index in [1.807, 2.05) is 29.2 Å². The van der Waals surface area contributed by atoms with Crippen LogP contribution in [0, 0.1) is 0 Å². The van der Waals surface area contributed by atoms with Gasteiger partial charge in [0.1, 0.15) is 5.84 Å². The summed E-state index contributed by atoms with van der Waals surface area (Å²) < 4.78 is 0. The maximum Gasteiger partial charge on any atom is 0.185 e. The summed E-state index contributed by atoms with van der Waals surface area (Å²) in [4.78, 5) is 14.1. The topological polar surface area (TPSA) is 52.9 Å². The maximum absolute atomic E-state index is 12.2. The number of amidine groups is 1. The minimum atomic E-state index is -0.124. The van der Waals surface area contributed by atoms with Gasteiger partial charge in [-0.15, -0.1) is 0 Å². The molecule has 0 radical (unpaired) electrons. The Labute approximate surface area is 93.2 Å². The SMILES string of the molecule is O=C1c2ccccc2CN2C(=NO)CCC12. The van der Waals surface area contributed by atoms with Crippen molar-refractivity contribution in [1.82, 2.24) is 4.90 Å². The van der Waals surface area contributed by atoms with E-state index >= 15 is 0 Å². The number of oxime groups is 1. The number of nitrogens with zero attached hydrogens (tertiary/aromatic N) is 2. The Kier molecular flexibility index (Phi) is 1.96. The Bertz CT molecular complexity index is 482. The highest BCUT2D eigenvalue weighted by Crippen LogP contribution is 2.31. The van der Waals surface area contributed by atoms with Gasteiger partial charge >= 0.3 is 0 Å². The summed E-state index contributed by atoms with van der Waals surface area (Å²) in [5.41, 5.74) is 1.84. The molecule has 3 rings (SSSR count). The Morgan fingerprint density at radius 3 is 3.00 bits per heavy atom. The predicted molar refractivity (Wildman–Crippen MR) is 58.6 cm³/mol. The first kappa shape index (κ1) is 9.39. The third-order valence-electron chi connectivity index (χ3n) is 3.39. The fraction of sp³-hybridized carbons (Fsp3) is 0.333. The number of fused-ring (bicyclic) bond motifs is 2. The van der Waals surface area contributed by atoms with Crippen LogP contribution in [0.4, 0.5) is 0 Å². The van der Waals surface area contributed by atoms with Gasteiger partial charge < -0.3 is 10.1 Å².